The molecule has 0 bridgehead atoms. The molecule has 1 aliphatic heterocycles. The molecule has 1 saturated carbocycles. The van der Waals surface area contributed by atoms with Gasteiger partial charge in [-0.3, -0.25) is 4.90 Å². The number of nitrogens with zero attached hydrogens (tertiary/aromatic N) is 1. The first kappa shape index (κ1) is 12.7. The van der Waals surface area contributed by atoms with Crippen LogP contribution < -0.4 is 5.32 Å². The van der Waals surface area contributed by atoms with Crippen molar-refractivity contribution in [2.45, 2.75) is 37.9 Å². The van der Waals surface area contributed by atoms with Crippen molar-refractivity contribution in [3.05, 3.63) is 33.8 Å². The Morgan fingerprint density at radius 3 is 2.56 bits per heavy atom. The Kier molecular flexibility index (Phi) is 3.81. The second-order valence-electron chi connectivity index (χ2n) is 5.29. The zero-order chi connectivity index (χ0) is 12.5. The van der Waals surface area contributed by atoms with Crippen molar-refractivity contribution < 1.29 is 0 Å². The summed E-state index contributed by atoms with van der Waals surface area (Å²) < 4.78 is 0. The maximum Gasteiger partial charge on any atom is 0.0465 e. The zero-order valence-corrected chi connectivity index (χ0v) is 11.8. The number of hydrogen-bond acceptors (Lipinski definition) is 2. The van der Waals surface area contributed by atoms with E-state index < -0.39 is 0 Å². The van der Waals surface area contributed by atoms with Gasteiger partial charge >= 0.3 is 0 Å². The molecule has 0 amide bonds. The number of hydrogen-bond donors (Lipinski definition) is 1. The lowest BCUT2D eigenvalue weighted by atomic mass is 10.2. The van der Waals surface area contributed by atoms with Crippen LogP contribution in [0.4, 0.5) is 0 Å². The Labute approximate surface area is 118 Å². The molecule has 18 heavy (non-hydrogen) atoms. The Morgan fingerprint density at radius 2 is 1.89 bits per heavy atom. The molecule has 98 valence electrons. The van der Waals surface area contributed by atoms with E-state index in [0.717, 1.165) is 28.2 Å². The molecule has 4 heteroatoms. The maximum absolute atomic E-state index is 6.17. The fourth-order valence-corrected chi connectivity index (χ4v) is 3.20. The van der Waals surface area contributed by atoms with Gasteiger partial charge in [0.15, 0.2) is 0 Å². The Hall–Kier alpha value is -0.280. The minimum absolute atomic E-state index is 0.581. The van der Waals surface area contributed by atoms with Gasteiger partial charge in [0.2, 0.25) is 0 Å². The van der Waals surface area contributed by atoms with E-state index in [1.54, 1.807) is 0 Å². The number of rotatable bonds is 4. The molecule has 1 aliphatic carbocycles. The number of benzene rings is 1. The molecule has 3 rings (SSSR count). The molecule has 1 atom stereocenters. The average molecular weight is 285 g/mol. The molecular weight excluding hydrogens is 267 g/mol. The standard InChI is InChI=1S/C14H18Cl2N2/c15-13-2-1-3-14(16)12(13)8-17-10-6-7-18(9-10)11-4-5-11/h1-3,10-11,17H,4-9H2. The highest BCUT2D eigenvalue weighted by Crippen LogP contribution is 2.30. The second-order valence-corrected chi connectivity index (χ2v) is 6.11. The first-order valence-electron chi connectivity index (χ1n) is 6.64. The third kappa shape index (κ3) is 2.83. The molecule has 0 spiro atoms. The van der Waals surface area contributed by atoms with Gasteiger partial charge in [0.25, 0.3) is 0 Å². The van der Waals surface area contributed by atoms with Crippen LogP contribution in [0.3, 0.4) is 0 Å². The molecule has 2 nitrogen and oxygen atoms in total. The first-order chi connectivity index (χ1) is 8.74. The molecule has 1 saturated heterocycles. The number of halogens is 2. The highest BCUT2D eigenvalue weighted by molar-refractivity contribution is 6.35. The third-order valence-electron chi connectivity index (χ3n) is 3.91. The van der Waals surface area contributed by atoms with Gasteiger partial charge in [-0.05, 0) is 31.4 Å². The molecule has 1 heterocycles. The van der Waals surface area contributed by atoms with E-state index in [4.69, 9.17) is 23.2 Å². The van der Waals surface area contributed by atoms with Crippen molar-refractivity contribution in [3.63, 3.8) is 0 Å². The lowest BCUT2D eigenvalue weighted by Gasteiger charge is -2.16. The fourth-order valence-electron chi connectivity index (χ4n) is 2.67. The largest absolute Gasteiger partial charge is 0.308 e. The minimum Gasteiger partial charge on any atom is -0.308 e. The smallest absolute Gasteiger partial charge is 0.0465 e. The van der Waals surface area contributed by atoms with Crippen molar-refractivity contribution in [1.29, 1.82) is 0 Å². The summed E-state index contributed by atoms with van der Waals surface area (Å²) in [7, 11) is 0. The summed E-state index contributed by atoms with van der Waals surface area (Å²) in [6.07, 6.45) is 4.02. The number of nitrogens with one attached hydrogen (secondary N) is 1. The molecule has 1 aromatic carbocycles. The Bertz CT molecular complexity index is 412. The zero-order valence-electron chi connectivity index (χ0n) is 10.3. The van der Waals surface area contributed by atoms with Crippen molar-refractivity contribution in [1.82, 2.24) is 10.2 Å². The van der Waals surface area contributed by atoms with E-state index in [-0.39, 0.29) is 0 Å². The van der Waals surface area contributed by atoms with Crippen molar-refractivity contribution in [2.75, 3.05) is 13.1 Å². The van der Waals surface area contributed by atoms with Crippen LogP contribution in [-0.4, -0.2) is 30.1 Å². The normalized spacial score (nSPS) is 24.7. The summed E-state index contributed by atoms with van der Waals surface area (Å²) in [5.41, 5.74) is 1.02. The first-order valence-corrected chi connectivity index (χ1v) is 7.40. The van der Waals surface area contributed by atoms with Crippen LogP contribution in [0, 0.1) is 0 Å². The molecule has 0 radical (unpaired) electrons. The molecule has 1 unspecified atom stereocenters. The summed E-state index contributed by atoms with van der Waals surface area (Å²) in [5, 5.41) is 5.09. The summed E-state index contributed by atoms with van der Waals surface area (Å²) in [5.74, 6) is 0. The minimum atomic E-state index is 0.581. The topological polar surface area (TPSA) is 15.3 Å². The van der Waals surface area contributed by atoms with Gasteiger partial charge in [0, 0.05) is 47.3 Å². The molecular formula is C14H18Cl2N2. The van der Waals surface area contributed by atoms with Crippen LogP contribution in [0.2, 0.25) is 10.0 Å². The predicted octanol–water partition coefficient (Wildman–Crippen LogP) is 3.32. The van der Waals surface area contributed by atoms with Crippen LogP contribution in [-0.2, 0) is 6.54 Å². The monoisotopic (exact) mass is 284 g/mol. The van der Waals surface area contributed by atoms with Gasteiger partial charge in [-0.1, -0.05) is 29.3 Å². The van der Waals surface area contributed by atoms with Gasteiger partial charge in [-0.25, -0.2) is 0 Å². The van der Waals surface area contributed by atoms with Crippen LogP contribution in [0.25, 0.3) is 0 Å². The summed E-state index contributed by atoms with van der Waals surface area (Å²) >= 11 is 12.3. The highest BCUT2D eigenvalue weighted by Gasteiger charge is 2.34. The van der Waals surface area contributed by atoms with Crippen molar-refractivity contribution in [3.8, 4) is 0 Å². The second kappa shape index (κ2) is 5.38. The lowest BCUT2D eigenvalue weighted by Crippen LogP contribution is -2.33. The van der Waals surface area contributed by atoms with Gasteiger partial charge in [-0.2, -0.15) is 0 Å². The van der Waals surface area contributed by atoms with Gasteiger partial charge in [0.05, 0.1) is 0 Å². The predicted molar refractivity (Wildman–Crippen MR) is 76.3 cm³/mol. The molecule has 2 aliphatic rings. The fraction of sp³-hybridized carbons (Fsp3) is 0.571. The third-order valence-corrected chi connectivity index (χ3v) is 4.62. The molecule has 2 fully saturated rings. The summed E-state index contributed by atoms with van der Waals surface area (Å²) in [6.45, 7) is 3.17. The van der Waals surface area contributed by atoms with Gasteiger partial charge in [-0.15, -0.1) is 0 Å². The molecule has 0 aromatic heterocycles. The molecule has 1 aromatic rings. The van der Waals surface area contributed by atoms with Crippen LogP contribution in [0.1, 0.15) is 24.8 Å². The SMILES string of the molecule is Clc1cccc(Cl)c1CNC1CCN(C2CC2)C1. The quantitative estimate of drug-likeness (QED) is 0.913. The van der Waals surface area contributed by atoms with E-state index in [1.165, 1.54) is 32.4 Å². The lowest BCUT2D eigenvalue weighted by molar-refractivity contribution is 0.317. The highest BCUT2D eigenvalue weighted by atomic mass is 35.5. The summed E-state index contributed by atoms with van der Waals surface area (Å²) in [6, 6.07) is 7.14. The van der Waals surface area contributed by atoms with Crippen molar-refractivity contribution in [2.24, 2.45) is 0 Å². The van der Waals surface area contributed by atoms with Crippen molar-refractivity contribution >= 4 is 23.2 Å². The van der Waals surface area contributed by atoms with E-state index in [2.05, 4.69) is 10.2 Å². The van der Waals surface area contributed by atoms with Gasteiger partial charge < -0.3 is 5.32 Å². The average Bonchev–Trinajstić information content (AvgIpc) is 3.09. The Balaban J connectivity index is 1.55. The summed E-state index contributed by atoms with van der Waals surface area (Å²) in [4.78, 5) is 2.60. The van der Waals surface area contributed by atoms with E-state index >= 15 is 0 Å². The van der Waals surface area contributed by atoms with Crippen LogP contribution in [0.15, 0.2) is 18.2 Å². The van der Waals surface area contributed by atoms with Crippen LogP contribution in [0.5, 0.6) is 0 Å². The molecule has 1 N–H and O–H groups in total. The van der Waals surface area contributed by atoms with E-state index in [9.17, 15) is 0 Å². The number of likely N-dealkylation sites (tertiary alicyclic amines) is 1. The van der Waals surface area contributed by atoms with E-state index in [0.29, 0.717) is 6.04 Å². The van der Waals surface area contributed by atoms with E-state index in [1.807, 2.05) is 18.2 Å². The van der Waals surface area contributed by atoms with Crippen LogP contribution >= 0.6 is 23.2 Å². The Morgan fingerprint density at radius 1 is 1.17 bits per heavy atom. The maximum atomic E-state index is 6.17. The van der Waals surface area contributed by atoms with Gasteiger partial charge in [0.1, 0.15) is 0 Å².